The van der Waals surface area contributed by atoms with E-state index in [4.69, 9.17) is 4.74 Å². The van der Waals surface area contributed by atoms with Crippen LogP contribution in [0.25, 0.3) is 0 Å². The highest BCUT2D eigenvalue weighted by atomic mass is 19.1. The highest BCUT2D eigenvalue weighted by molar-refractivity contribution is 5.76. The Bertz CT molecular complexity index is 510. The van der Waals surface area contributed by atoms with Crippen LogP contribution < -0.4 is 0 Å². The molecule has 1 aromatic carbocycles. The molecule has 1 aliphatic rings. The van der Waals surface area contributed by atoms with E-state index in [-0.39, 0.29) is 29.9 Å². The molecule has 0 bridgehead atoms. The SMILES string of the molecule is CC(C)(C)CC(=O)N1CCC[C@H](OCc2ccccc2F)C1. The van der Waals surface area contributed by atoms with Crippen LogP contribution in [0.2, 0.25) is 0 Å². The first-order chi connectivity index (χ1) is 10.3. The molecule has 0 saturated carbocycles. The van der Waals surface area contributed by atoms with E-state index in [2.05, 4.69) is 20.8 Å². The summed E-state index contributed by atoms with van der Waals surface area (Å²) in [4.78, 5) is 14.2. The minimum Gasteiger partial charge on any atom is -0.372 e. The number of likely N-dealkylation sites (tertiary alicyclic amines) is 1. The van der Waals surface area contributed by atoms with Gasteiger partial charge >= 0.3 is 0 Å². The molecule has 22 heavy (non-hydrogen) atoms. The number of halogens is 1. The van der Waals surface area contributed by atoms with Gasteiger partial charge in [-0.3, -0.25) is 4.79 Å². The number of benzene rings is 1. The van der Waals surface area contributed by atoms with Crippen molar-refractivity contribution in [3.8, 4) is 0 Å². The molecule has 1 aromatic rings. The van der Waals surface area contributed by atoms with Gasteiger partial charge in [0.25, 0.3) is 0 Å². The molecule has 122 valence electrons. The lowest BCUT2D eigenvalue weighted by Gasteiger charge is -2.34. The van der Waals surface area contributed by atoms with Crippen LogP contribution in [0.4, 0.5) is 4.39 Å². The van der Waals surface area contributed by atoms with Crippen LogP contribution in [-0.4, -0.2) is 30.0 Å². The first kappa shape index (κ1) is 16.9. The molecule has 0 aromatic heterocycles. The maximum Gasteiger partial charge on any atom is 0.223 e. The summed E-state index contributed by atoms with van der Waals surface area (Å²) in [5, 5.41) is 0. The van der Waals surface area contributed by atoms with Gasteiger partial charge in [-0.25, -0.2) is 4.39 Å². The Labute approximate surface area is 132 Å². The van der Waals surface area contributed by atoms with E-state index in [0.29, 0.717) is 18.5 Å². The van der Waals surface area contributed by atoms with E-state index in [1.165, 1.54) is 6.07 Å². The number of nitrogens with zero attached hydrogens (tertiary/aromatic N) is 1. The lowest BCUT2D eigenvalue weighted by atomic mass is 9.91. The molecule has 1 atom stereocenters. The zero-order valence-corrected chi connectivity index (χ0v) is 13.8. The van der Waals surface area contributed by atoms with Gasteiger partial charge in [-0.15, -0.1) is 0 Å². The zero-order valence-electron chi connectivity index (χ0n) is 13.8. The maximum absolute atomic E-state index is 13.6. The summed E-state index contributed by atoms with van der Waals surface area (Å²) < 4.78 is 19.4. The summed E-state index contributed by atoms with van der Waals surface area (Å²) in [6.45, 7) is 7.89. The van der Waals surface area contributed by atoms with E-state index < -0.39 is 0 Å². The third-order valence-corrected chi connectivity index (χ3v) is 3.84. The second-order valence-corrected chi connectivity index (χ2v) is 7.24. The first-order valence-corrected chi connectivity index (χ1v) is 7.98. The molecule has 4 heteroatoms. The molecule has 0 spiro atoms. The standard InChI is InChI=1S/C18H26FNO2/c1-18(2,3)11-17(21)20-10-6-8-15(12-20)22-13-14-7-4-5-9-16(14)19/h4-5,7,9,15H,6,8,10-13H2,1-3H3/t15-/m0/s1. The van der Waals surface area contributed by atoms with Crippen molar-refractivity contribution in [2.75, 3.05) is 13.1 Å². The number of ether oxygens (including phenoxy) is 1. The molecule has 1 saturated heterocycles. The monoisotopic (exact) mass is 307 g/mol. The third-order valence-electron chi connectivity index (χ3n) is 3.84. The molecule has 0 N–H and O–H groups in total. The highest BCUT2D eigenvalue weighted by Crippen LogP contribution is 2.22. The number of carbonyl (C=O) groups excluding carboxylic acids is 1. The van der Waals surface area contributed by atoms with Crippen molar-refractivity contribution < 1.29 is 13.9 Å². The molecule has 1 fully saturated rings. The minimum atomic E-state index is -0.237. The van der Waals surface area contributed by atoms with E-state index in [1.807, 2.05) is 11.0 Å². The van der Waals surface area contributed by atoms with Crippen molar-refractivity contribution in [3.63, 3.8) is 0 Å². The van der Waals surface area contributed by atoms with Crippen LogP contribution in [0.15, 0.2) is 24.3 Å². The molecule has 0 radical (unpaired) electrons. The van der Waals surface area contributed by atoms with Gasteiger partial charge in [0, 0.05) is 25.1 Å². The Hall–Kier alpha value is -1.42. The Morgan fingerprint density at radius 2 is 2.09 bits per heavy atom. The number of carbonyl (C=O) groups is 1. The van der Waals surface area contributed by atoms with Crippen molar-refractivity contribution in [2.24, 2.45) is 5.41 Å². The molecule has 1 heterocycles. The summed E-state index contributed by atoms with van der Waals surface area (Å²) in [7, 11) is 0. The summed E-state index contributed by atoms with van der Waals surface area (Å²) in [5.41, 5.74) is 0.568. The molecule has 1 aliphatic heterocycles. The molecule has 1 amide bonds. The number of hydrogen-bond acceptors (Lipinski definition) is 2. The smallest absolute Gasteiger partial charge is 0.223 e. The molecule has 0 aliphatic carbocycles. The van der Waals surface area contributed by atoms with Gasteiger partial charge in [0.15, 0.2) is 0 Å². The van der Waals surface area contributed by atoms with E-state index >= 15 is 0 Å². The maximum atomic E-state index is 13.6. The van der Waals surface area contributed by atoms with Crippen molar-refractivity contribution >= 4 is 5.91 Å². The second-order valence-electron chi connectivity index (χ2n) is 7.24. The Morgan fingerprint density at radius 3 is 2.77 bits per heavy atom. The molecule has 3 nitrogen and oxygen atoms in total. The third kappa shape index (κ3) is 5.09. The summed E-state index contributed by atoms with van der Waals surface area (Å²) in [6.07, 6.45) is 2.41. The Kier molecular flexibility index (Phi) is 5.57. The molecular formula is C18H26FNO2. The van der Waals surface area contributed by atoms with Gasteiger partial charge < -0.3 is 9.64 Å². The van der Waals surface area contributed by atoms with Gasteiger partial charge in [-0.05, 0) is 24.3 Å². The van der Waals surface area contributed by atoms with Crippen LogP contribution in [-0.2, 0) is 16.1 Å². The van der Waals surface area contributed by atoms with Gasteiger partial charge in [-0.1, -0.05) is 39.0 Å². The quantitative estimate of drug-likeness (QED) is 0.847. The lowest BCUT2D eigenvalue weighted by Crippen LogP contribution is -2.44. The Morgan fingerprint density at radius 1 is 1.36 bits per heavy atom. The van der Waals surface area contributed by atoms with E-state index in [0.717, 1.165) is 19.4 Å². The number of hydrogen-bond donors (Lipinski definition) is 0. The van der Waals surface area contributed by atoms with E-state index in [9.17, 15) is 9.18 Å². The van der Waals surface area contributed by atoms with Gasteiger partial charge in [0.2, 0.25) is 5.91 Å². The topological polar surface area (TPSA) is 29.5 Å². The van der Waals surface area contributed by atoms with Crippen LogP contribution in [0.5, 0.6) is 0 Å². The molecule has 2 rings (SSSR count). The second kappa shape index (κ2) is 7.23. The van der Waals surface area contributed by atoms with Crippen LogP contribution in [0.1, 0.15) is 45.6 Å². The Balaban J connectivity index is 1.86. The van der Waals surface area contributed by atoms with Crippen LogP contribution >= 0.6 is 0 Å². The fourth-order valence-electron chi connectivity index (χ4n) is 2.69. The fraction of sp³-hybridized carbons (Fsp3) is 0.611. The van der Waals surface area contributed by atoms with Crippen molar-refractivity contribution in [1.29, 1.82) is 0 Å². The minimum absolute atomic E-state index is 0.00193. The highest BCUT2D eigenvalue weighted by Gasteiger charge is 2.27. The fourth-order valence-corrected chi connectivity index (χ4v) is 2.69. The molecular weight excluding hydrogens is 281 g/mol. The number of rotatable bonds is 4. The van der Waals surface area contributed by atoms with E-state index in [1.54, 1.807) is 12.1 Å². The van der Waals surface area contributed by atoms with Gasteiger partial charge in [-0.2, -0.15) is 0 Å². The van der Waals surface area contributed by atoms with Crippen molar-refractivity contribution in [2.45, 2.75) is 52.7 Å². The van der Waals surface area contributed by atoms with Crippen LogP contribution in [0, 0.1) is 11.2 Å². The average molecular weight is 307 g/mol. The van der Waals surface area contributed by atoms with Gasteiger partial charge in [0.05, 0.1) is 12.7 Å². The largest absolute Gasteiger partial charge is 0.372 e. The summed E-state index contributed by atoms with van der Waals surface area (Å²) in [6, 6.07) is 6.66. The molecule has 0 unspecified atom stereocenters. The predicted octanol–water partition coefficient (Wildman–Crippen LogP) is 3.77. The summed E-state index contributed by atoms with van der Waals surface area (Å²) in [5.74, 6) is -0.0503. The van der Waals surface area contributed by atoms with Gasteiger partial charge in [0.1, 0.15) is 5.82 Å². The predicted molar refractivity (Wildman–Crippen MR) is 84.9 cm³/mol. The summed E-state index contributed by atoms with van der Waals surface area (Å²) >= 11 is 0. The lowest BCUT2D eigenvalue weighted by molar-refractivity contribution is -0.137. The normalized spacial score (nSPS) is 19.3. The van der Waals surface area contributed by atoms with Crippen molar-refractivity contribution in [3.05, 3.63) is 35.6 Å². The van der Waals surface area contributed by atoms with Crippen LogP contribution in [0.3, 0.4) is 0 Å². The zero-order chi connectivity index (χ0) is 16.2. The van der Waals surface area contributed by atoms with Crippen molar-refractivity contribution in [1.82, 2.24) is 4.90 Å². The first-order valence-electron chi connectivity index (χ1n) is 7.98. The number of amides is 1. The average Bonchev–Trinajstić information content (AvgIpc) is 2.45. The number of piperidine rings is 1.